The van der Waals surface area contributed by atoms with Crippen molar-refractivity contribution < 1.29 is 23.2 Å². The number of rotatable bonds is 6. The molecule has 0 saturated heterocycles. The number of halogens is 2. The monoisotopic (exact) mass is 317 g/mol. The molecule has 0 aromatic heterocycles. The lowest BCUT2D eigenvalue weighted by molar-refractivity contribution is -0.390. The number of thioether (sulfide) groups is 1. The fourth-order valence-electron chi connectivity index (χ4n) is 1.99. The molecule has 8 heteroatoms. The van der Waals surface area contributed by atoms with Crippen LogP contribution in [0.1, 0.15) is 19.3 Å². The summed E-state index contributed by atoms with van der Waals surface area (Å²) in [5, 5.41) is 10.9. The van der Waals surface area contributed by atoms with E-state index in [1.54, 1.807) is 0 Å². The van der Waals surface area contributed by atoms with Gasteiger partial charge in [-0.1, -0.05) is 0 Å². The molecule has 1 fully saturated rings. The predicted octanol–water partition coefficient (Wildman–Crippen LogP) is 3.31. The van der Waals surface area contributed by atoms with E-state index in [9.17, 15) is 23.7 Å². The molecule has 5 nitrogen and oxygen atoms in total. The number of esters is 1. The molecule has 0 heterocycles. The van der Waals surface area contributed by atoms with Crippen molar-refractivity contribution in [2.45, 2.75) is 24.2 Å². The van der Waals surface area contributed by atoms with Crippen molar-refractivity contribution >= 4 is 23.4 Å². The number of carbonyl (C=O) groups excluding carboxylic acids is 1. The third-order valence-corrected chi connectivity index (χ3v) is 4.79. The van der Waals surface area contributed by atoms with Gasteiger partial charge in [0.05, 0.1) is 23.3 Å². The lowest BCUT2D eigenvalue weighted by atomic mass is 10.1. The van der Waals surface area contributed by atoms with Gasteiger partial charge in [-0.05, 0) is 24.3 Å². The summed E-state index contributed by atoms with van der Waals surface area (Å²) in [7, 11) is 1.29. The van der Waals surface area contributed by atoms with Crippen LogP contribution in [0.25, 0.3) is 0 Å². The smallest absolute Gasteiger partial charge is 0.318 e. The number of ether oxygens (including phenoxy) is 1. The van der Waals surface area contributed by atoms with Crippen molar-refractivity contribution in [1.82, 2.24) is 0 Å². The fraction of sp³-hybridized carbons (Fsp3) is 0.462. The average molecular weight is 317 g/mol. The van der Waals surface area contributed by atoms with Gasteiger partial charge in [0.25, 0.3) is 0 Å². The first kappa shape index (κ1) is 15.7. The highest BCUT2D eigenvalue weighted by Gasteiger charge is 2.45. The lowest BCUT2D eigenvalue weighted by Gasteiger charge is -2.13. The molecule has 0 unspecified atom stereocenters. The van der Waals surface area contributed by atoms with E-state index in [1.165, 1.54) is 7.11 Å². The van der Waals surface area contributed by atoms with Gasteiger partial charge in [0.1, 0.15) is 5.82 Å². The van der Waals surface area contributed by atoms with Gasteiger partial charge in [-0.2, -0.15) is 4.39 Å². The van der Waals surface area contributed by atoms with Crippen LogP contribution in [0.5, 0.6) is 0 Å². The maximum atomic E-state index is 13.5. The second-order valence-electron chi connectivity index (χ2n) is 5.03. The van der Waals surface area contributed by atoms with Crippen LogP contribution in [-0.4, -0.2) is 23.8 Å². The first-order valence-corrected chi connectivity index (χ1v) is 7.18. The molecule has 1 aromatic rings. The Morgan fingerprint density at radius 3 is 2.67 bits per heavy atom. The minimum absolute atomic E-state index is 0.0614. The number of methoxy groups -OCH3 is 1. The largest absolute Gasteiger partial charge is 0.469 e. The van der Waals surface area contributed by atoms with Gasteiger partial charge in [0, 0.05) is 11.8 Å². The molecule has 0 radical (unpaired) electrons. The van der Waals surface area contributed by atoms with Gasteiger partial charge < -0.3 is 4.74 Å². The van der Waals surface area contributed by atoms with Crippen LogP contribution in [0.4, 0.5) is 14.5 Å². The van der Waals surface area contributed by atoms with Gasteiger partial charge in [-0.15, -0.1) is 11.8 Å². The lowest BCUT2D eigenvalue weighted by Crippen LogP contribution is -2.13. The van der Waals surface area contributed by atoms with Crippen LogP contribution in [0.3, 0.4) is 0 Å². The fourth-order valence-corrected chi connectivity index (χ4v) is 3.34. The maximum Gasteiger partial charge on any atom is 0.318 e. The van der Waals surface area contributed by atoms with Crippen molar-refractivity contribution in [3.8, 4) is 0 Å². The molecule has 1 saturated carbocycles. The summed E-state index contributed by atoms with van der Waals surface area (Å²) in [6, 6.07) is 1.43. The number of hydrogen-bond acceptors (Lipinski definition) is 5. The Balaban J connectivity index is 2.13. The van der Waals surface area contributed by atoms with Gasteiger partial charge in [0.2, 0.25) is 5.82 Å². The van der Waals surface area contributed by atoms with Crippen molar-refractivity contribution in [2.24, 2.45) is 5.41 Å². The van der Waals surface area contributed by atoms with Crippen LogP contribution in [-0.2, 0) is 9.53 Å². The zero-order chi connectivity index (χ0) is 15.6. The molecule has 0 amide bonds. The van der Waals surface area contributed by atoms with E-state index in [-0.39, 0.29) is 22.7 Å². The number of benzene rings is 1. The Hall–Kier alpha value is -1.70. The number of carbonyl (C=O) groups is 1. The summed E-state index contributed by atoms with van der Waals surface area (Å²) in [6.45, 7) is 0. The Bertz CT molecular complexity index is 590. The van der Waals surface area contributed by atoms with Crippen LogP contribution in [0.15, 0.2) is 17.0 Å². The zero-order valence-electron chi connectivity index (χ0n) is 11.2. The zero-order valence-corrected chi connectivity index (χ0v) is 12.0. The standard InChI is InChI=1S/C13H13F2NO4S/c1-20-11(17)6-13(2-3-13)7-21-10-5-8(14)4-9(15)12(10)16(18)19/h4-5H,2-3,6-7H2,1H3. The summed E-state index contributed by atoms with van der Waals surface area (Å²) in [4.78, 5) is 21.3. The van der Waals surface area contributed by atoms with E-state index in [1.807, 2.05) is 0 Å². The highest BCUT2D eigenvalue weighted by atomic mass is 32.2. The van der Waals surface area contributed by atoms with Crippen LogP contribution in [0, 0.1) is 27.2 Å². The van der Waals surface area contributed by atoms with E-state index in [4.69, 9.17) is 0 Å². The first-order chi connectivity index (χ1) is 9.87. The highest BCUT2D eigenvalue weighted by Crippen LogP contribution is 2.52. The normalized spacial score (nSPS) is 15.6. The van der Waals surface area contributed by atoms with Crippen molar-refractivity contribution in [3.63, 3.8) is 0 Å². The summed E-state index contributed by atoms with van der Waals surface area (Å²) < 4.78 is 31.3. The molecule has 0 aliphatic heterocycles. The van der Waals surface area contributed by atoms with Crippen molar-refractivity contribution in [3.05, 3.63) is 33.9 Å². The van der Waals surface area contributed by atoms with Gasteiger partial charge in [-0.3, -0.25) is 14.9 Å². The molecule has 21 heavy (non-hydrogen) atoms. The van der Waals surface area contributed by atoms with Crippen LogP contribution < -0.4 is 0 Å². The Morgan fingerprint density at radius 2 is 2.14 bits per heavy atom. The molecular weight excluding hydrogens is 304 g/mol. The first-order valence-electron chi connectivity index (χ1n) is 6.20. The Labute approximate surface area is 123 Å². The van der Waals surface area contributed by atoms with Gasteiger partial charge in [0.15, 0.2) is 0 Å². The van der Waals surface area contributed by atoms with Crippen LogP contribution in [0.2, 0.25) is 0 Å². The SMILES string of the molecule is COC(=O)CC1(CSc2cc(F)cc(F)c2[N+](=O)[O-])CC1. The molecule has 0 atom stereocenters. The minimum atomic E-state index is -1.19. The number of nitro benzene ring substituents is 1. The molecule has 1 aliphatic rings. The molecule has 2 rings (SSSR count). The number of hydrogen-bond donors (Lipinski definition) is 0. The second-order valence-corrected chi connectivity index (χ2v) is 6.05. The summed E-state index contributed by atoms with van der Waals surface area (Å²) in [5.74, 6) is -2.03. The molecule has 114 valence electrons. The number of nitro groups is 1. The molecular formula is C13H13F2NO4S. The van der Waals surface area contributed by atoms with Crippen molar-refractivity contribution in [1.29, 1.82) is 0 Å². The van der Waals surface area contributed by atoms with E-state index < -0.39 is 22.2 Å². The van der Waals surface area contributed by atoms with E-state index in [0.29, 0.717) is 11.8 Å². The van der Waals surface area contributed by atoms with Gasteiger partial charge >= 0.3 is 11.7 Å². The highest BCUT2D eigenvalue weighted by molar-refractivity contribution is 7.99. The quantitative estimate of drug-likeness (QED) is 0.348. The topological polar surface area (TPSA) is 69.4 Å². The second kappa shape index (κ2) is 5.97. The summed E-state index contributed by atoms with van der Waals surface area (Å²) in [6.07, 6.45) is 1.80. The number of nitrogens with zero attached hydrogens (tertiary/aromatic N) is 1. The van der Waals surface area contributed by atoms with Crippen molar-refractivity contribution in [2.75, 3.05) is 12.9 Å². The predicted molar refractivity (Wildman–Crippen MR) is 72.0 cm³/mol. The maximum absolute atomic E-state index is 13.5. The molecule has 0 spiro atoms. The molecule has 0 bridgehead atoms. The molecule has 1 aliphatic carbocycles. The molecule has 1 aromatic carbocycles. The van der Waals surface area contributed by atoms with E-state index >= 15 is 0 Å². The Morgan fingerprint density at radius 1 is 1.48 bits per heavy atom. The minimum Gasteiger partial charge on any atom is -0.469 e. The molecule has 0 N–H and O–H groups in total. The summed E-state index contributed by atoms with van der Waals surface area (Å²) in [5.41, 5.74) is -1.01. The Kier molecular flexibility index (Phi) is 4.46. The third-order valence-electron chi connectivity index (χ3n) is 3.41. The average Bonchev–Trinajstić information content (AvgIpc) is 3.15. The van der Waals surface area contributed by atoms with Crippen LogP contribution >= 0.6 is 11.8 Å². The van der Waals surface area contributed by atoms with E-state index in [2.05, 4.69) is 4.74 Å². The summed E-state index contributed by atoms with van der Waals surface area (Å²) >= 11 is 0.996. The van der Waals surface area contributed by atoms with Gasteiger partial charge in [-0.25, -0.2) is 4.39 Å². The van der Waals surface area contributed by atoms with E-state index in [0.717, 1.165) is 30.7 Å². The third kappa shape index (κ3) is 3.69.